The maximum Gasteiger partial charge on any atom is 0.305 e. The summed E-state index contributed by atoms with van der Waals surface area (Å²) in [6.07, 6.45) is 2.42. The fourth-order valence-electron chi connectivity index (χ4n) is 0.920. The monoisotopic (exact) mass is 298 g/mol. The Bertz CT molecular complexity index is 180. The molecule has 1 rings (SSSR count). The molecule has 1 aliphatic rings. The molecule has 0 aliphatic heterocycles. The standard InChI is InChI=1S/C8H12Br2O2/c1-2-3-7(11)12-5-6-4-8(6,9)10/h6H,2-5H2,1H3. The summed E-state index contributed by atoms with van der Waals surface area (Å²) in [7, 11) is 0. The van der Waals surface area contributed by atoms with Crippen molar-refractivity contribution in [1.82, 2.24) is 0 Å². The summed E-state index contributed by atoms with van der Waals surface area (Å²) in [5.74, 6) is 0.360. The number of alkyl halides is 2. The van der Waals surface area contributed by atoms with E-state index in [1.54, 1.807) is 0 Å². The van der Waals surface area contributed by atoms with E-state index in [2.05, 4.69) is 31.9 Å². The Morgan fingerprint density at radius 3 is 2.67 bits per heavy atom. The van der Waals surface area contributed by atoms with Crippen LogP contribution in [0.5, 0.6) is 0 Å². The van der Waals surface area contributed by atoms with Crippen LogP contribution in [0.3, 0.4) is 0 Å². The van der Waals surface area contributed by atoms with Crippen LogP contribution >= 0.6 is 31.9 Å². The number of carbonyl (C=O) groups excluding carboxylic acids is 1. The average Bonchev–Trinajstić information content (AvgIpc) is 2.56. The Morgan fingerprint density at radius 2 is 2.25 bits per heavy atom. The van der Waals surface area contributed by atoms with Gasteiger partial charge < -0.3 is 4.74 Å². The first-order valence-corrected chi connectivity index (χ1v) is 5.68. The number of ether oxygens (including phenoxy) is 1. The van der Waals surface area contributed by atoms with Gasteiger partial charge in [-0.05, 0) is 12.8 Å². The maximum atomic E-state index is 10.9. The lowest BCUT2D eigenvalue weighted by Gasteiger charge is -2.03. The van der Waals surface area contributed by atoms with E-state index in [0.29, 0.717) is 18.9 Å². The Balaban J connectivity index is 2.07. The van der Waals surface area contributed by atoms with Crippen LogP contribution in [0.25, 0.3) is 0 Å². The van der Waals surface area contributed by atoms with Crippen LogP contribution in [-0.2, 0) is 9.53 Å². The van der Waals surface area contributed by atoms with Gasteiger partial charge in [-0.1, -0.05) is 38.8 Å². The molecule has 0 bridgehead atoms. The molecule has 1 unspecified atom stereocenters. The van der Waals surface area contributed by atoms with Gasteiger partial charge in [0.2, 0.25) is 0 Å². The molecular weight excluding hydrogens is 288 g/mol. The van der Waals surface area contributed by atoms with E-state index in [9.17, 15) is 4.79 Å². The minimum absolute atomic E-state index is 0.0481. The molecule has 12 heavy (non-hydrogen) atoms. The van der Waals surface area contributed by atoms with E-state index in [4.69, 9.17) is 4.74 Å². The summed E-state index contributed by atoms with van der Waals surface area (Å²) < 4.78 is 5.09. The number of carbonyl (C=O) groups is 1. The van der Waals surface area contributed by atoms with Gasteiger partial charge in [0.25, 0.3) is 0 Å². The van der Waals surface area contributed by atoms with Crippen molar-refractivity contribution < 1.29 is 9.53 Å². The highest BCUT2D eigenvalue weighted by molar-refractivity contribution is 9.25. The van der Waals surface area contributed by atoms with Gasteiger partial charge in [0.05, 0.1) is 9.84 Å². The van der Waals surface area contributed by atoms with Gasteiger partial charge in [0.15, 0.2) is 0 Å². The fraction of sp³-hybridized carbons (Fsp3) is 0.875. The number of halogens is 2. The molecule has 0 aromatic rings. The van der Waals surface area contributed by atoms with E-state index >= 15 is 0 Å². The van der Waals surface area contributed by atoms with Crippen LogP contribution in [0.15, 0.2) is 0 Å². The molecule has 0 aromatic carbocycles. The molecule has 1 atom stereocenters. The quantitative estimate of drug-likeness (QED) is 0.589. The molecule has 1 fully saturated rings. The first kappa shape index (κ1) is 10.5. The van der Waals surface area contributed by atoms with Gasteiger partial charge in [0.1, 0.15) is 0 Å². The lowest BCUT2D eigenvalue weighted by molar-refractivity contribution is -0.144. The topological polar surface area (TPSA) is 26.3 Å². The lowest BCUT2D eigenvalue weighted by Crippen LogP contribution is -2.08. The summed E-state index contributed by atoms with van der Waals surface area (Å²) in [5, 5.41) is 0. The Kier molecular flexibility index (Phi) is 3.58. The number of rotatable bonds is 4. The van der Waals surface area contributed by atoms with Crippen molar-refractivity contribution in [3.63, 3.8) is 0 Å². The van der Waals surface area contributed by atoms with Crippen molar-refractivity contribution in [3.8, 4) is 0 Å². The molecule has 4 heteroatoms. The van der Waals surface area contributed by atoms with E-state index < -0.39 is 0 Å². The second-order valence-electron chi connectivity index (χ2n) is 3.10. The Morgan fingerprint density at radius 1 is 1.67 bits per heavy atom. The Hall–Kier alpha value is 0.430. The van der Waals surface area contributed by atoms with E-state index in [-0.39, 0.29) is 9.20 Å². The summed E-state index contributed by atoms with van der Waals surface area (Å²) in [6, 6.07) is 0. The van der Waals surface area contributed by atoms with E-state index in [1.165, 1.54) is 0 Å². The van der Waals surface area contributed by atoms with Gasteiger partial charge in [-0.2, -0.15) is 0 Å². The van der Waals surface area contributed by atoms with Crippen molar-refractivity contribution in [2.45, 2.75) is 29.4 Å². The highest BCUT2D eigenvalue weighted by Gasteiger charge is 2.50. The lowest BCUT2D eigenvalue weighted by atomic mass is 10.3. The minimum Gasteiger partial charge on any atom is -0.465 e. The smallest absolute Gasteiger partial charge is 0.305 e. The van der Waals surface area contributed by atoms with Crippen molar-refractivity contribution in [3.05, 3.63) is 0 Å². The van der Waals surface area contributed by atoms with Gasteiger partial charge in [-0.25, -0.2) is 0 Å². The zero-order valence-corrected chi connectivity index (χ0v) is 10.2. The predicted molar refractivity (Wildman–Crippen MR) is 54.6 cm³/mol. The SMILES string of the molecule is CCCC(=O)OCC1CC1(Br)Br. The summed E-state index contributed by atoms with van der Waals surface area (Å²) in [6.45, 7) is 2.51. The second kappa shape index (κ2) is 4.09. The van der Waals surface area contributed by atoms with Gasteiger partial charge in [0, 0.05) is 12.3 Å². The number of hydrogen-bond donors (Lipinski definition) is 0. The molecule has 0 radical (unpaired) electrons. The maximum absolute atomic E-state index is 10.9. The van der Waals surface area contributed by atoms with E-state index in [0.717, 1.165) is 12.8 Å². The van der Waals surface area contributed by atoms with Crippen molar-refractivity contribution in [1.29, 1.82) is 0 Å². The molecule has 1 aliphatic carbocycles. The van der Waals surface area contributed by atoms with Gasteiger partial charge in [-0.15, -0.1) is 0 Å². The minimum atomic E-state index is -0.0831. The van der Waals surface area contributed by atoms with Crippen molar-refractivity contribution >= 4 is 37.8 Å². The average molecular weight is 300 g/mol. The zero-order valence-electron chi connectivity index (χ0n) is 6.98. The first-order valence-electron chi connectivity index (χ1n) is 4.09. The van der Waals surface area contributed by atoms with Gasteiger partial charge in [-0.3, -0.25) is 4.79 Å². The third kappa shape index (κ3) is 3.05. The molecular formula is C8H12Br2O2. The van der Waals surface area contributed by atoms with E-state index in [1.807, 2.05) is 6.92 Å². The third-order valence-electron chi connectivity index (χ3n) is 1.86. The van der Waals surface area contributed by atoms with Crippen LogP contribution in [0.2, 0.25) is 0 Å². The summed E-state index contributed by atoms with van der Waals surface area (Å²) in [4.78, 5) is 10.9. The van der Waals surface area contributed by atoms with Crippen LogP contribution in [0, 0.1) is 5.92 Å². The summed E-state index contributed by atoms with van der Waals surface area (Å²) in [5.41, 5.74) is 0. The third-order valence-corrected chi connectivity index (χ3v) is 3.80. The number of esters is 1. The van der Waals surface area contributed by atoms with Crippen LogP contribution in [0.1, 0.15) is 26.2 Å². The largest absolute Gasteiger partial charge is 0.465 e. The molecule has 0 aromatic heterocycles. The molecule has 1 saturated carbocycles. The highest BCUT2D eigenvalue weighted by atomic mass is 79.9. The molecule has 0 spiro atoms. The van der Waals surface area contributed by atoms with Crippen LogP contribution < -0.4 is 0 Å². The fourth-order valence-corrected chi connectivity index (χ4v) is 1.97. The van der Waals surface area contributed by atoms with Crippen molar-refractivity contribution in [2.24, 2.45) is 5.92 Å². The molecule has 0 amide bonds. The molecule has 2 nitrogen and oxygen atoms in total. The van der Waals surface area contributed by atoms with Gasteiger partial charge >= 0.3 is 5.97 Å². The Labute approximate surface area is 89.3 Å². The zero-order chi connectivity index (χ0) is 9.19. The summed E-state index contributed by atoms with van der Waals surface area (Å²) >= 11 is 6.93. The molecule has 70 valence electrons. The predicted octanol–water partition coefficient (Wildman–Crippen LogP) is 2.84. The molecule has 0 heterocycles. The normalized spacial score (nSPS) is 25.1. The van der Waals surface area contributed by atoms with Crippen LogP contribution in [0.4, 0.5) is 0 Å². The second-order valence-corrected chi connectivity index (χ2v) is 6.99. The van der Waals surface area contributed by atoms with Crippen LogP contribution in [-0.4, -0.2) is 15.8 Å². The van der Waals surface area contributed by atoms with Crippen molar-refractivity contribution in [2.75, 3.05) is 6.61 Å². The number of hydrogen-bond acceptors (Lipinski definition) is 2. The highest BCUT2D eigenvalue weighted by Crippen LogP contribution is 2.56. The molecule has 0 saturated heterocycles. The first-order chi connectivity index (χ1) is 5.56. The molecule has 0 N–H and O–H groups in total.